The van der Waals surface area contributed by atoms with Gasteiger partial charge in [-0.15, -0.1) is 11.3 Å². The molecule has 0 unspecified atom stereocenters. The standard InChI is InChI=1S/C12H11FN2OS/c1-15(8-11-14-5-6-17-11)12(16)9-3-2-4-10(13)7-9/h2-7H,8H2,1H3. The van der Waals surface area contributed by atoms with Crippen LogP contribution >= 0.6 is 11.3 Å². The van der Waals surface area contributed by atoms with E-state index in [1.54, 1.807) is 19.3 Å². The van der Waals surface area contributed by atoms with Gasteiger partial charge < -0.3 is 4.90 Å². The first-order chi connectivity index (χ1) is 8.16. The second kappa shape index (κ2) is 5.05. The molecule has 2 rings (SSSR count). The normalized spacial score (nSPS) is 10.2. The molecule has 0 aliphatic heterocycles. The number of rotatable bonds is 3. The van der Waals surface area contributed by atoms with Crippen molar-refractivity contribution in [3.63, 3.8) is 0 Å². The third-order valence-electron chi connectivity index (χ3n) is 2.27. The molecule has 2 aromatic rings. The van der Waals surface area contributed by atoms with E-state index < -0.39 is 5.82 Å². The fraction of sp³-hybridized carbons (Fsp3) is 0.167. The van der Waals surface area contributed by atoms with E-state index in [9.17, 15) is 9.18 Å². The Morgan fingerprint density at radius 1 is 1.53 bits per heavy atom. The number of nitrogens with zero attached hydrogens (tertiary/aromatic N) is 2. The maximum absolute atomic E-state index is 13.0. The van der Waals surface area contributed by atoms with Crippen molar-refractivity contribution in [2.24, 2.45) is 0 Å². The Balaban J connectivity index is 2.09. The topological polar surface area (TPSA) is 33.2 Å². The van der Waals surface area contributed by atoms with Crippen LogP contribution in [0, 0.1) is 5.82 Å². The molecule has 1 aromatic carbocycles. The molecule has 0 N–H and O–H groups in total. The lowest BCUT2D eigenvalue weighted by molar-refractivity contribution is 0.0784. The van der Waals surface area contributed by atoms with E-state index in [1.807, 2.05) is 5.38 Å². The first-order valence-corrected chi connectivity index (χ1v) is 5.94. The van der Waals surface area contributed by atoms with E-state index in [-0.39, 0.29) is 5.91 Å². The molecule has 0 atom stereocenters. The minimum atomic E-state index is -0.404. The zero-order valence-electron chi connectivity index (χ0n) is 9.26. The van der Waals surface area contributed by atoms with Gasteiger partial charge in [0.15, 0.2) is 0 Å². The molecule has 3 nitrogen and oxygen atoms in total. The Morgan fingerprint density at radius 3 is 3.00 bits per heavy atom. The molecule has 0 saturated carbocycles. The summed E-state index contributed by atoms with van der Waals surface area (Å²) in [5, 5.41) is 2.72. The minimum Gasteiger partial charge on any atom is -0.335 e. The third kappa shape index (κ3) is 2.88. The smallest absolute Gasteiger partial charge is 0.254 e. The van der Waals surface area contributed by atoms with Crippen molar-refractivity contribution in [1.29, 1.82) is 0 Å². The molecular weight excluding hydrogens is 239 g/mol. The summed E-state index contributed by atoms with van der Waals surface area (Å²) < 4.78 is 13.0. The average molecular weight is 250 g/mol. The molecular formula is C12H11FN2OS. The second-order valence-corrected chi connectivity index (χ2v) is 4.58. The fourth-order valence-electron chi connectivity index (χ4n) is 1.45. The molecule has 1 heterocycles. The lowest BCUT2D eigenvalue weighted by Gasteiger charge is -2.15. The van der Waals surface area contributed by atoms with Crippen LogP contribution < -0.4 is 0 Å². The van der Waals surface area contributed by atoms with E-state index in [4.69, 9.17) is 0 Å². The van der Waals surface area contributed by atoms with Gasteiger partial charge in [0.2, 0.25) is 0 Å². The van der Waals surface area contributed by atoms with Gasteiger partial charge >= 0.3 is 0 Å². The maximum atomic E-state index is 13.0. The van der Waals surface area contributed by atoms with Gasteiger partial charge in [-0.2, -0.15) is 0 Å². The average Bonchev–Trinajstić information content (AvgIpc) is 2.80. The Bertz CT molecular complexity index is 513. The molecule has 88 valence electrons. The zero-order chi connectivity index (χ0) is 12.3. The summed E-state index contributed by atoms with van der Waals surface area (Å²) in [6.45, 7) is 0.438. The van der Waals surface area contributed by atoms with Crippen LogP contribution in [-0.4, -0.2) is 22.8 Å². The number of thiazole rings is 1. The van der Waals surface area contributed by atoms with Crippen molar-refractivity contribution < 1.29 is 9.18 Å². The quantitative estimate of drug-likeness (QED) is 0.838. The zero-order valence-corrected chi connectivity index (χ0v) is 10.1. The first kappa shape index (κ1) is 11.7. The van der Waals surface area contributed by atoms with E-state index in [0.717, 1.165) is 5.01 Å². The second-order valence-electron chi connectivity index (χ2n) is 3.60. The number of amides is 1. The van der Waals surface area contributed by atoms with Crippen molar-refractivity contribution in [2.45, 2.75) is 6.54 Å². The summed E-state index contributed by atoms with van der Waals surface area (Å²) in [7, 11) is 1.68. The molecule has 1 amide bonds. The van der Waals surface area contributed by atoms with Crippen molar-refractivity contribution in [3.05, 3.63) is 52.2 Å². The van der Waals surface area contributed by atoms with E-state index in [0.29, 0.717) is 12.1 Å². The van der Waals surface area contributed by atoms with Crippen LogP contribution in [-0.2, 0) is 6.54 Å². The summed E-state index contributed by atoms with van der Waals surface area (Å²) in [4.78, 5) is 17.6. The van der Waals surface area contributed by atoms with Crippen LogP contribution in [0.2, 0.25) is 0 Å². The van der Waals surface area contributed by atoms with Gasteiger partial charge in [-0.05, 0) is 18.2 Å². The summed E-state index contributed by atoms with van der Waals surface area (Å²) >= 11 is 1.49. The summed E-state index contributed by atoms with van der Waals surface area (Å²) in [6.07, 6.45) is 1.69. The number of halogens is 1. The van der Waals surface area contributed by atoms with Gasteiger partial charge in [0, 0.05) is 24.2 Å². The van der Waals surface area contributed by atoms with Gasteiger partial charge in [0.05, 0.1) is 6.54 Å². The monoisotopic (exact) mass is 250 g/mol. The molecule has 0 spiro atoms. The molecule has 0 aliphatic rings. The van der Waals surface area contributed by atoms with Crippen molar-refractivity contribution >= 4 is 17.2 Å². The van der Waals surface area contributed by atoms with Crippen molar-refractivity contribution in [3.8, 4) is 0 Å². The van der Waals surface area contributed by atoms with Gasteiger partial charge in [0.25, 0.3) is 5.91 Å². The fourth-order valence-corrected chi connectivity index (χ4v) is 2.12. The van der Waals surface area contributed by atoms with Crippen LogP contribution in [0.15, 0.2) is 35.8 Å². The summed E-state index contributed by atoms with van der Waals surface area (Å²) in [5.41, 5.74) is 0.351. The van der Waals surface area contributed by atoms with Gasteiger partial charge in [-0.25, -0.2) is 9.37 Å². The van der Waals surface area contributed by atoms with Crippen LogP contribution in [0.4, 0.5) is 4.39 Å². The van der Waals surface area contributed by atoms with Gasteiger partial charge in [-0.3, -0.25) is 4.79 Å². The molecule has 0 radical (unpaired) electrons. The molecule has 0 fully saturated rings. The minimum absolute atomic E-state index is 0.209. The van der Waals surface area contributed by atoms with Gasteiger partial charge in [-0.1, -0.05) is 6.07 Å². The number of carbonyl (C=O) groups is 1. The van der Waals surface area contributed by atoms with Crippen molar-refractivity contribution in [1.82, 2.24) is 9.88 Å². The van der Waals surface area contributed by atoms with E-state index in [2.05, 4.69) is 4.98 Å². The lowest BCUT2D eigenvalue weighted by atomic mass is 10.2. The predicted octanol–water partition coefficient (Wildman–Crippen LogP) is 2.55. The largest absolute Gasteiger partial charge is 0.335 e. The van der Waals surface area contributed by atoms with Crippen molar-refractivity contribution in [2.75, 3.05) is 7.05 Å². The number of hydrogen-bond acceptors (Lipinski definition) is 3. The highest BCUT2D eigenvalue weighted by Gasteiger charge is 2.13. The number of carbonyl (C=O) groups excluding carboxylic acids is 1. The highest BCUT2D eigenvalue weighted by atomic mass is 32.1. The Hall–Kier alpha value is -1.75. The van der Waals surface area contributed by atoms with E-state index >= 15 is 0 Å². The Labute approximate surface area is 103 Å². The predicted molar refractivity (Wildman–Crippen MR) is 64.3 cm³/mol. The molecule has 1 aromatic heterocycles. The lowest BCUT2D eigenvalue weighted by Crippen LogP contribution is -2.26. The SMILES string of the molecule is CN(Cc1nccs1)C(=O)c1cccc(F)c1. The number of aromatic nitrogens is 1. The van der Waals surface area contributed by atoms with Crippen LogP contribution in [0.5, 0.6) is 0 Å². The Morgan fingerprint density at radius 2 is 2.35 bits per heavy atom. The van der Waals surface area contributed by atoms with Crippen LogP contribution in [0.1, 0.15) is 15.4 Å². The third-order valence-corrected chi connectivity index (χ3v) is 3.04. The van der Waals surface area contributed by atoms with Crippen LogP contribution in [0.3, 0.4) is 0 Å². The molecule has 0 aliphatic carbocycles. The highest BCUT2D eigenvalue weighted by Crippen LogP contribution is 2.11. The van der Waals surface area contributed by atoms with E-state index in [1.165, 1.54) is 34.4 Å². The number of hydrogen-bond donors (Lipinski definition) is 0. The molecule has 0 bridgehead atoms. The number of benzene rings is 1. The summed E-state index contributed by atoms with van der Waals surface area (Å²) in [6, 6.07) is 5.68. The molecule has 17 heavy (non-hydrogen) atoms. The first-order valence-electron chi connectivity index (χ1n) is 5.06. The van der Waals surface area contributed by atoms with Crippen LogP contribution in [0.25, 0.3) is 0 Å². The highest BCUT2D eigenvalue weighted by molar-refractivity contribution is 7.09. The maximum Gasteiger partial charge on any atom is 0.254 e. The van der Waals surface area contributed by atoms with Gasteiger partial charge in [0.1, 0.15) is 10.8 Å². The molecule has 0 saturated heterocycles. The Kier molecular flexibility index (Phi) is 3.49. The summed E-state index contributed by atoms with van der Waals surface area (Å²) in [5.74, 6) is -0.613. The molecule has 5 heteroatoms.